The molecule has 1 aliphatic rings. The summed E-state index contributed by atoms with van der Waals surface area (Å²) in [6.07, 6.45) is -0.241. The minimum Gasteiger partial charge on any atom is -0.450 e. The number of amides is 1. The minimum atomic E-state index is -0.241. The summed E-state index contributed by atoms with van der Waals surface area (Å²) >= 11 is 0. The Morgan fingerprint density at radius 2 is 1.89 bits per heavy atom. The summed E-state index contributed by atoms with van der Waals surface area (Å²) in [5.41, 5.74) is 1.21. The van der Waals surface area contributed by atoms with Crippen molar-refractivity contribution in [3.05, 3.63) is 47.8 Å². The number of anilines is 2. The maximum absolute atomic E-state index is 11.9. The molecule has 1 atom stereocenters. The number of rotatable bonds is 5. The highest BCUT2D eigenvalue weighted by atomic mass is 16.6. The van der Waals surface area contributed by atoms with E-state index in [4.69, 9.17) is 4.74 Å². The van der Waals surface area contributed by atoms with Gasteiger partial charge in [-0.25, -0.2) is 14.8 Å². The van der Waals surface area contributed by atoms with Crippen molar-refractivity contribution in [2.24, 2.45) is 0 Å². The summed E-state index contributed by atoms with van der Waals surface area (Å²) in [5.74, 6) is 2.42. The van der Waals surface area contributed by atoms with Gasteiger partial charge in [-0.15, -0.1) is 0 Å². The van der Waals surface area contributed by atoms with E-state index in [2.05, 4.69) is 39.2 Å². The van der Waals surface area contributed by atoms with Crippen LogP contribution in [-0.2, 0) is 4.74 Å². The van der Waals surface area contributed by atoms with E-state index in [1.165, 1.54) is 5.56 Å². The zero-order valence-electron chi connectivity index (χ0n) is 16.2. The van der Waals surface area contributed by atoms with Gasteiger partial charge < -0.3 is 19.9 Å². The van der Waals surface area contributed by atoms with Crippen LogP contribution in [0.4, 0.5) is 16.4 Å². The van der Waals surface area contributed by atoms with Gasteiger partial charge in [0.25, 0.3) is 0 Å². The standard InChI is InChI=1S/C20H27N5O2/c1-4-27-20(26)25-12-10-24(11-13-25)19-14-18(22-16(3)23-19)21-15(2)17-8-6-5-7-9-17/h5-9,14-15H,4,10-13H2,1-3H3,(H,21,22,23). The molecule has 2 aromatic rings. The first-order valence-electron chi connectivity index (χ1n) is 9.40. The van der Waals surface area contributed by atoms with Gasteiger partial charge in [0.15, 0.2) is 0 Å². The predicted octanol–water partition coefficient (Wildman–Crippen LogP) is 3.24. The Morgan fingerprint density at radius 3 is 2.56 bits per heavy atom. The summed E-state index contributed by atoms with van der Waals surface area (Å²) in [5, 5.41) is 3.46. The molecular weight excluding hydrogens is 342 g/mol. The van der Waals surface area contributed by atoms with Gasteiger partial charge >= 0.3 is 6.09 Å². The van der Waals surface area contributed by atoms with Gasteiger partial charge in [-0.2, -0.15) is 0 Å². The third kappa shape index (κ3) is 4.87. The molecule has 7 nitrogen and oxygen atoms in total. The molecule has 0 radical (unpaired) electrons. The van der Waals surface area contributed by atoms with E-state index in [-0.39, 0.29) is 12.1 Å². The van der Waals surface area contributed by atoms with Crippen LogP contribution in [0.1, 0.15) is 31.3 Å². The molecule has 1 amide bonds. The second-order valence-electron chi connectivity index (χ2n) is 6.61. The van der Waals surface area contributed by atoms with Crippen LogP contribution in [-0.4, -0.2) is 53.7 Å². The van der Waals surface area contributed by atoms with Gasteiger partial charge in [0.05, 0.1) is 6.61 Å². The molecule has 144 valence electrons. The first kappa shape index (κ1) is 18.9. The van der Waals surface area contributed by atoms with Crippen molar-refractivity contribution in [2.45, 2.75) is 26.8 Å². The Labute approximate surface area is 160 Å². The Morgan fingerprint density at radius 1 is 1.19 bits per heavy atom. The molecule has 3 rings (SSSR count). The van der Waals surface area contributed by atoms with Crippen molar-refractivity contribution >= 4 is 17.7 Å². The number of hydrogen-bond donors (Lipinski definition) is 1. The Balaban J connectivity index is 1.66. The topological polar surface area (TPSA) is 70.6 Å². The SMILES string of the molecule is CCOC(=O)N1CCN(c2cc(NC(C)c3ccccc3)nc(C)n2)CC1. The number of carbonyl (C=O) groups is 1. The maximum atomic E-state index is 11.9. The third-order valence-electron chi connectivity index (χ3n) is 4.62. The number of ether oxygens (including phenoxy) is 1. The summed E-state index contributed by atoms with van der Waals surface area (Å²) in [4.78, 5) is 24.9. The molecule has 0 bridgehead atoms. The number of aromatic nitrogens is 2. The van der Waals surface area contributed by atoms with E-state index in [0.717, 1.165) is 30.5 Å². The van der Waals surface area contributed by atoms with Crippen molar-refractivity contribution in [3.8, 4) is 0 Å². The predicted molar refractivity (Wildman–Crippen MR) is 106 cm³/mol. The van der Waals surface area contributed by atoms with E-state index >= 15 is 0 Å². The molecule has 1 unspecified atom stereocenters. The minimum absolute atomic E-state index is 0.147. The van der Waals surface area contributed by atoms with Gasteiger partial charge in [0, 0.05) is 38.3 Å². The number of benzene rings is 1. The third-order valence-corrected chi connectivity index (χ3v) is 4.62. The fourth-order valence-corrected chi connectivity index (χ4v) is 3.17. The first-order valence-corrected chi connectivity index (χ1v) is 9.40. The largest absolute Gasteiger partial charge is 0.450 e. The second kappa shape index (κ2) is 8.70. The van der Waals surface area contributed by atoms with E-state index in [1.54, 1.807) is 4.90 Å². The number of nitrogens with zero attached hydrogens (tertiary/aromatic N) is 4. The van der Waals surface area contributed by atoms with E-state index in [1.807, 2.05) is 38.1 Å². The maximum Gasteiger partial charge on any atom is 0.409 e. The molecule has 0 aliphatic carbocycles. The molecule has 1 aliphatic heterocycles. The molecule has 0 spiro atoms. The zero-order valence-corrected chi connectivity index (χ0v) is 16.2. The molecule has 1 N–H and O–H groups in total. The van der Waals surface area contributed by atoms with Crippen LogP contribution in [0.5, 0.6) is 0 Å². The number of aryl methyl sites for hydroxylation is 1. The van der Waals surface area contributed by atoms with Crippen LogP contribution in [0.25, 0.3) is 0 Å². The number of carbonyl (C=O) groups excluding carboxylic acids is 1. The molecule has 27 heavy (non-hydrogen) atoms. The number of piperazine rings is 1. The second-order valence-corrected chi connectivity index (χ2v) is 6.61. The Bertz CT molecular complexity index is 760. The molecule has 7 heteroatoms. The first-order chi connectivity index (χ1) is 13.1. The molecule has 2 heterocycles. The number of hydrogen-bond acceptors (Lipinski definition) is 6. The van der Waals surface area contributed by atoms with Crippen LogP contribution in [0.3, 0.4) is 0 Å². The molecular formula is C20H27N5O2. The Kier molecular flexibility index (Phi) is 6.11. The smallest absolute Gasteiger partial charge is 0.409 e. The van der Waals surface area contributed by atoms with Gasteiger partial charge in [0.2, 0.25) is 0 Å². The normalized spacial score (nSPS) is 15.4. The van der Waals surface area contributed by atoms with Crippen molar-refractivity contribution < 1.29 is 9.53 Å². The van der Waals surface area contributed by atoms with E-state index in [9.17, 15) is 4.79 Å². The molecule has 1 saturated heterocycles. The van der Waals surface area contributed by atoms with Crippen molar-refractivity contribution in [1.82, 2.24) is 14.9 Å². The highest BCUT2D eigenvalue weighted by Gasteiger charge is 2.23. The molecule has 1 fully saturated rings. The monoisotopic (exact) mass is 369 g/mol. The van der Waals surface area contributed by atoms with Crippen LogP contribution >= 0.6 is 0 Å². The van der Waals surface area contributed by atoms with E-state index < -0.39 is 0 Å². The summed E-state index contributed by atoms with van der Waals surface area (Å²) < 4.78 is 5.08. The average Bonchev–Trinajstić information content (AvgIpc) is 2.68. The van der Waals surface area contributed by atoms with Gasteiger partial charge in [-0.1, -0.05) is 30.3 Å². The lowest BCUT2D eigenvalue weighted by molar-refractivity contribution is 0.105. The van der Waals surface area contributed by atoms with Crippen LogP contribution in [0.15, 0.2) is 36.4 Å². The van der Waals surface area contributed by atoms with E-state index in [0.29, 0.717) is 19.7 Å². The van der Waals surface area contributed by atoms with Gasteiger partial charge in [-0.3, -0.25) is 0 Å². The molecule has 1 aromatic carbocycles. The lowest BCUT2D eigenvalue weighted by Gasteiger charge is -2.34. The summed E-state index contributed by atoms with van der Waals surface area (Å²) in [6, 6.07) is 12.4. The molecule has 0 saturated carbocycles. The lowest BCUT2D eigenvalue weighted by Crippen LogP contribution is -2.49. The zero-order chi connectivity index (χ0) is 19.2. The summed E-state index contributed by atoms with van der Waals surface area (Å²) in [7, 11) is 0. The van der Waals surface area contributed by atoms with Crippen molar-refractivity contribution in [2.75, 3.05) is 43.0 Å². The van der Waals surface area contributed by atoms with Crippen LogP contribution in [0, 0.1) is 6.92 Å². The van der Waals surface area contributed by atoms with Gasteiger partial charge in [-0.05, 0) is 26.3 Å². The lowest BCUT2D eigenvalue weighted by atomic mass is 10.1. The Hall–Kier alpha value is -2.83. The van der Waals surface area contributed by atoms with Gasteiger partial charge in [0.1, 0.15) is 17.5 Å². The highest BCUT2D eigenvalue weighted by molar-refractivity contribution is 5.68. The number of nitrogens with one attached hydrogen (secondary N) is 1. The van der Waals surface area contributed by atoms with Crippen LogP contribution in [0.2, 0.25) is 0 Å². The average molecular weight is 369 g/mol. The van der Waals surface area contributed by atoms with Crippen molar-refractivity contribution in [1.29, 1.82) is 0 Å². The highest BCUT2D eigenvalue weighted by Crippen LogP contribution is 2.22. The quantitative estimate of drug-likeness (QED) is 0.872. The van der Waals surface area contributed by atoms with Crippen LogP contribution < -0.4 is 10.2 Å². The molecule has 1 aromatic heterocycles. The fourth-order valence-electron chi connectivity index (χ4n) is 3.17. The fraction of sp³-hybridized carbons (Fsp3) is 0.450. The summed E-state index contributed by atoms with van der Waals surface area (Å²) in [6.45, 7) is 8.95. The van der Waals surface area contributed by atoms with Crippen molar-refractivity contribution in [3.63, 3.8) is 0 Å².